The molecule has 7 heteroatoms. The van der Waals surface area contributed by atoms with Crippen molar-refractivity contribution in [2.24, 2.45) is 0 Å². The van der Waals surface area contributed by atoms with Crippen LogP contribution >= 0.6 is 0 Å². The van der Waals surface area contributed by atoms with E-state index in [4.69, 9.17) is 0 Å². The molecule has 1 heterocycles. The Morgan fingerprint density at radius 1 is 0.882 bits per heavy atom. The van der Waals surface area contributed by atoms with Gasteiger partial charge < -0.3 is 5.32 Å². The van der Waals surface area contributed by atoms with Gasteiger partial charge in [0.05, 0.1) is 5.75 Å². The highest BCUT2D eigenvalue weighted by Gasteiger charge is 2.34. The summed E-state index contributed by atoms with van der Waals surface area (Å²) in [5.74, 6) is -0.121. The molecule has 0 aromatic heterocycles. The van der Waals surface area contributed by atoms with Gasteiger partial charge in [0.1, 0.15) is 6.04 Å². The molecule has 0 aliphatic carbocycles. The highest BCUT2D eigenvalue weighted by molar-refractivity contribution is 7.88. The van der Waals surface area contributed by atoms with Crippen molar-refractivity contribution < 1.29 is 13.2 Å². The molecular weight excluding hydrogens is 446 g/mol. The van der Waals surface area contributed by atoms with Gasteiger partial charge in [-0.05, 0) is 42.2 Å². The van der Waals surface area contributed by atoms with Crippen LogP contribution in [-0.4, -0.2) is 49.7 Å². The Morgan fingerprint density at radius 2 is 1.50 bits per heavy atom. The highest BCUT2D eigenvalue weighted by Crippen LogP contribution is 2.26. The first-order valence-corrected chi connectivity index (χ1v) is 13.1. The molecule has 1 atom stereocenters. The van der Waals surface area contributed by atoms with Crippen LogP contribution < -0.4 is 5.32 Å². The van der Waals surface area contributed by atoms with Crippen LogP contribution in [0.3, 0.4) is 0 Å². The number of sulfonamides is 1. The van der Waals surface area contributed by atoms with Crippen molar-refractivity contribution in [2.75, 3.05) is 31.5 Å². The number of anilines is 1. The first-order valence-electron chi connectivity index (χ1n) is 11.5. The van der Waals surface area contributed by atoms with Gasteiger partial charge in [-0.15, -0.1) is 0 Å². The molecule has 1 unspecified atom stereocenters. The molecule has 1 saturated heterocycles. The third-order valence-corrected chi connectivity index (χ3v) is 8.09. The zero-order valence-electron chi connectivity index (χ0n) is 19.6. The maximum Gasteiger partial charge on any atom is 0.246 e. The van der Waals surface area contributed by atoms with E-state index in [9.17, 15) is 13.2 Å². The number of hydrogen-bond donors (Lipinski definition) is 1. The molecule has 1 amide bonds. The number of nitrogens with zero attached hydrogens (tertiary/aromatic N) is 2. The highest BCUT2D eigenvalue weighted by atomic mass is 32.2. The van der Waals surface area contributed by atoms with Crippen LogP contribution in [0, 0.1) is 13.8 Å². The summed E-state index contributed by atoms with van der Waals surface area (Å²) in [6, 6.07) is 24.4. The van der Waals surface area contributed by atoms with Crippen molar-refractivity contribution in [1.29, 1.82) is 0 Å². The number of amides is 1. The number of nitrogens with one attached hydrogen (secondary N) is 1. The van der Waals surface area contributed by atoms with Gasteiger partial charge in [0.25, 0.3) is 0 Å². The number of carbonyl (C=O) groups is 1. The minimum absolute atomic E-state index is 0.0108. The van der Waals surface area contributed by atoms with Gasteiger partial charge in [0.15, 0.2) is 0 Å². The predicted molar refractivity (Wildman–Crippen MR) is 136 cm³/mol. The number of carbonyl (C=O) groups excluding carboxylic acids is 1. The van der Waals surface area contributed by atoms with E-state index in [1.54, 1.807) is 4.31 Å². The lowest BCUT2D eigenvalue weighted by molar-refractivity contribution is -0.122. The van der Waals surface area contributed by atoms with E-state index in [0.29, 0.717) is 26.2 Å². The van der Waals surface area contributed by atoms with Gasteiger partial charge in [0.2, 0.25) is 15.9 Å². The number of rotatable bonds is 7. The number of piperazine rings is 1. The molecule has 0 spiro atoms. The Labute approximate surface area is 202 Å². The lowest BCUT2D eigenvalue weighted by atomic mass is 10.0. The van der Waals surface area contributed by atoms with Gasteiger partial charge in [0, 0.05) is 31.9 Å². The number of benzene rings is 3. The molecule has 6 nitrogen and oxygen atoms in total. The third kappa shape index (κ3) is 5.73. The van der Waals surface area contributed by atoms with Crippen molar-refractivity contribution in [3.63, 3.8) is 0 Å². The molecule has 1 N–H and O–H groups in total. The normalized spacial score (nSPS) is 16.2. The average molecular weight is 478 g/mol. The molecule has 34 heavy (non-hydrogen) atoms. The molecule has 1 fully saturated rings. The molecule has 1 aliphatic heterocycles. The lowest BCUT2D eigenvalue weighted by Crippen LogP contribution is -2.51. The van der Waals surface area contributed by atoms with Crippen LogP contribution in [0.4, 0.5) is 5.69 Å². The molecule has 178 valence electrons. The monoisotopic (exact) mass is 477 g/mol. The average Bonchev–Trinajstić information content (AvgIpc) is 2.83. The summed E-state index contributed by atoms with van der Waals surface area (Å²) in [4.78, 5) is 15.6. The van der Waals surface area contributed by atoms with Crippen molar-refractivity contribution in [3.8, 4) is 0 Å². The SMILES string of the molecule is Cc1ccc(C)c(NC(=O)C(c2ccccc2)N2CCN(S(=O)(=O)Cc3ccccc3)CC2)c1. The zero-order valence-corrected chi connectivity index (χ0v) is 20.5. The summed E-state index contributed by atoms with van der Waals surface area (Å²) in [5, 5.41) is 3.11. The molecule has 0 radical (unpaired) electrons. The fourth-order valence-electron chi connectivity index (χ4n) is 4.35. The number of aryl methyl sites for hydroxylation is 2. The smallest absolute Gasteiger partial charge is 0.246 e. The van der Waals surface area contributed by atoms with Crippen LogP contribution in [0.5, 0.6) is 0 Å². The summed E-state index contributed by atoms with van der Waals surface area (Å²) in [6.45, 7) is 5.65. The van der Waals surface area contributed by atoms with Crippen LogP contribution in [0.1, 0.15) is 28.3 Å². The molecule has 4 rings (SSSR count). The quantitative estimate of drug-likeness (QED) is 0.556. The summed E-state index contributed by atoms with van der Waals surface area (Å²) in [7, 11) is -3.42. The van der Waals surface area contributed by atoms with E-state index in [-0.39, 0.29) is 11.7 Å². The molecule has 0 saturated carbocycles. The van der Waals surface area contributed by atoms with E-state index >= 15 is 0 Å². The second-order valence-electron chi connectivity index (χ2n) is 8.80. The zero-order chi connectivity index (χ0) is 24.1. The third-order valence-electron chi connectivity index (χ3n) is 6.24. The molecule has 1 aliphatic rings. The van der Waals surface area contributed by atoms with Crippen molar-refractivity contribution in [1.82, 2.24) is 9.21 Å². The van der Waals surface area contributed by atoms with Gasteiger partial charge in [-0.25, -0.2) is 8.42 Å². The molecular formula is C27H31N3O3S. The second kappa shape index (κ2) is 10.5. The van der Waals surface area contributed by atoms with Gasteiger partial charge >= 0.3 is 0 Å². The van der Waals surface area contributed by atoms with Crippen LogP contribution in [0.15, 0.2) is 78.9 Å². The Morgan fingerprint density at radius 3 is 2.15 bits per heavy atom. The summed E-state index contributed by atoms with van der Waals surface area (Å²) >= 11 is 0. The first kappa shape index (κ1) is 24.1. The van der Waals surface area contributed by atoms with E-state index in [1.165, 1.54) is 0 Å². The van der Waals surface area contributed by atoms with Crippen molar-refractivity contribution in [2.45, 2.75) is 25.6 Å². The van der Waals surface area contributed by atoms with Crippen LogP contribution in [0.2, 0.25) is 0 Å². The number of hydrogen-bond acceptors (Lipinski definition) is 4. The lowest BCUT2D eigenvalue weighted by Gasteiger charge is -2.38. The van der Waals surface area contributed by atoms with E-state index in [0.717, 1.165) is 27.9 Å². The maximum atomic E-state index is 13.5. The Hall–Kier alpha value is -3.00. The van der Waals surface area contributed by atoms with Crippen LogP contribution in [0.25, 0.3) is 0 Å². The van der Waals surface area contributed by atoms with Gasteiger partial charge in [-0.3, -0.25) is 9.69 Å². The molecule has 0 bridgehead atoms. The van der Waals surface area contributed by atoms with Gasteiger partial charge in [-0.1, -0.05) is 72.8 Å². The Kier molecular flexibility index (Phi) is 7.46. The summed E-state index contributed by atoms with van der Waals surface area (Å²) in [5.41, 5.74) is 4.55. The van der Waals surface area contributed by atoms with Gasteiger partial charge in [-0.2, -0.15) is 4.31 Å². The van der Waals surface area contributed by atoms with Crippen molar-refractivity contribution >= 4 is 21.6 Å². The minimum Gasteiger partial charge on any atom is -0.324 e. The van der Waals surface area contributed by atoms with E-state index < -0.39 is 16.1 Å². The van der Waals surface area contributed by atoms with Crippen LogP contribution in [-0.2, 0) is 20.6 Å². The largest absolute Gasteiger partial charge is 0.324 e. The van der Waals surface area contributed by atoms with E-state index in [2.05, 4.69) is 10.2 Å². The molecule has 3 aromatic carbocycles. The maximum absolute atomic E-state index is 13.5. The van der Waals surface area contributed by atoms with Crippen molar-refractivity contribution in [3.05, 3.63) is 101 Å². The first-order chi connectivity index (χ1) is 16.3. The summed E-state index contributed by atoms with van der Waals surface area (Å²) < 4.78 is 27.5. The fraction of sp³-hybridized carbons (Fsp3) is 0.296. The summed E-state index contributed by atoms with van der Waals surface area (Å²) in [6.07, 6.45) is 0. The Balaban J connectivity index is 1.50. The standard InChI is InChI=1S/C27H31N3O3S/c1-21-13-14-22(2)25(19-21)28-27(31)26(24-11-7-4-8-12-24)29-15-17-30(18-16-29)34(32,33)20-23-9-5-3-6-10-23/h3-14,19,26H,15-18,20H2,1-2H3,(H,28,31). The van der Waals surface area contributed by atoms with E-state index in [1.807, 2.05) is 92.7 Å². The fourth-order valence-corrected chi connectivity index (χ4v) is 5.87. The topological polar surface area (TPSA) is 69.7 Å². The minimum atomic E-state index is -3.42. The Bertz CT molecular complexity index is 1220. The second-order valence-corrected chi connectivity index (χ2v) is 10.8. The molecule has 3 aromatic rings. The predicted octanol–water partition coefficient (Wildman–Crippen LogP) is 4.13.